The standard InChI is InChI=1S/C18H16FN3O/c1-18(2,3)17-20-15-11-5-4-10(19)8-13(11)14-9-22(23)7-6-12(14)16(15)21-17/h4-9,23H,1-3H3/p+1. The number of benzene rings is 2. The van der Waals surface area contributed by atoms with E-state index in [1.54, 1.807) is 18.5 Å². The first kappa shape index (κ1) is 13.9. The Hall–Kier alpha value is -2.69. The topological polar surface area (TPSA) is 52.8 Å². The number of halogens is 1. The number of aromatic amines is 1. The maximum atomic E-state index is 13.8. The molecule has 116 valence electrons. The predicted octanol–water partition coefficient (Wildman–Crippen LogP) is 3.83. The molecule has 2 N–H and O–H groups in total. The van der Waals surface area contributed by atoms with Gasteiger partial charge in [-0.1, -0.05) is 20.8 Å². The van der Waals surface area contributed by atoms with Gasteiger partial charge in [0.1, 0.15) is 11.6 Å². The van der Waals surface area contributed by atoms with E-state index in [9.17, 15) is 9.60 Å². The second kappa shape index (κ2) is 4.41. The van der Waals surface area contributed by atoms with Crippen LogP contribution in [0.5, 0.6) is 0 Å². The van der Waals surface area contributed by atoms with Gasteiger partial charge in [-0.15, -0.1) is 0 Å². The van der Waals surface area contributed by atoms with Crippen molar-refractivity contribution in [3.8, 4) is 0 Å². The lowest BCUT2D eigenvalue weighted by atomic mass is 9.96. The number of nitrogens with zero attached hydrogens (tertiary/aromatic N) is 2. The van der Waals surface area contributed by atoms with E-state index in [4.69, 9.17) is 4.98 Å². The molecular weight excluding hydrogens is 293 g/mol. The summed E-state index contributed by atoms with van der Waals surface area (Å²) in [7, 11) is 0. The van der Waals surface area contributed by atoms with E-state index < -0.39 is 0 Å². The van der Waals surface area contributed by atoms with E-state index in [0.29, 0.717) is 0 Å². The SMILES string of the molecule is CC(C)(C)c1nc2c3ccc(F)cc3c3c[n+](O)ccc3c2[nH]1. The molecule has 4 nitrogen and oxygen atoms in total. The van der Waals surface area contributed by atoms with Crippen molar-refractivity contribution in [2.24, 2.45) is 0 Å². The van der Waals surface area contributed by atoms with E-state index in [1.807, 2.05) is 6.07 Å². The minimum absolute atomic E-state index is 0.122. The molecule has 0 spiro atoms. The zero-order valence-corrected chi connectivity index (χ0v) is 13.2. The van der Waals surface area contributed by atoms with Gasteiger partial charge in [-0.25, -0.2) is 9.37 Å². The van der Waals surface area contributed by atoms with Crippen LogP contribution in [0.3, 0.4) is 0 Å². The third kappa shape index (κ3) is 2.04. The Labute approximate surface area is 132 Å². The van der Waals surface area contributed by atoms with Gasteiger partial charge < -0.3 is 4.98 Å². The molecule has 0 unspecified atom stereocenters. The fraction of sp³-hybridized carbons (Fsp3) is 0.222. The van der Waals surface area contributed by atoms with Crippen molar-refractivity contribution in [3.05, 3.63) is 48.3 Å². The van der Waals surface area contributed by atoms with Gasteiger partial charge in [0.05, 0.1) is 16.4 Å². The lowest BCUT2D eigenvalue weighted by molar-refractivity contribution is -0.903. The maximum Gasteiger partial charge on any atom is 0.230 e. The molecular formula is C18H17FN3O+. The average Bonchev–Trinajstić information content (AvgIpc) is 2.92. The molecule has 2 heterocycles. The monoisotopic (exact) mass is 310 g/mol. The van der Waals surface area contributed by atoms with E-state index in [2.05, 4.69) is 25.8 Å². The molecule has 2 aromatic heterocycles. The van der Waals surface area contributed by atoms with E-state index >= 15 is 0 Å². The molecule has 0 saturated carbocycles. The number of pyridine rings is 1. The molecule has 0 fully saturated rings. The highest BCUT2D eigenvalue weighted by Gasteiger charge is 2.22. The van der Waals surface area contributed by atoms with Crippen LogP contribution < -0.4 is 4.73 Å². The summed E-state index contributed by atoms with van der Waals surface area (Å²) in [5.74, 6) is 0.574. The van der Waals surface area contributed by atoms with Crippen LogP contribution in [0, 0.1) is 5.82 Å². The second-order valence-electron chi connectivity index (χ2n) is 6.90. The molecule has 5 heteroatoms. The van der Waals surface area contributed by atoms with Crippen LogP contribution in [0.15, 0.2) is 36.7 Å². The molecule has 0 aliphatic rings. The molecule has 0 radical (unpaired) electrons. The smallest absolute Gasteiger partial charge is 0.230 e. The highest BCUT2D eigenvalue weighted by atomic mass is 19.1. The normalized spacial score (nSPS) is 12.5. The summed E-state index contributed by atoms with van der Waals surface area (Å²) in [5, 5.41) is 13.1. The molecule has 0 atom stereocenters. The minimum Gasteiger partial charge on any atom is -0.341 e. The van der Waals surface area contributed by atoms with Crippen LogP contribution in [0.4, 0.5) is 4.39 Å². The van der Waals surface area contributed by atoms with Crippen molar-refractivity contribution in [3.63, 3.8) is 0 Å². The van der Waals surface area contributed by atoms with Gasteiger partial charge >= 0.3 is 0 Å². The highest BCUT2D eigenvalue weighted by Crippen LogP contribution is 2.35. The van der Waals surface area contributed by atoms with Crippen LogP contribution in [0.1, 0.15) is 26.6 Å². The molecule has 0 amide bonds. The first-order chi connectivity index (χ1) is 10.8. The Balaban J connectivity index is 2.29. The highest BCUT2D eigenvalue weighted by molar-refractivity contribution is 6.22. The van der Waals surface area contributed by atoms with Gasteiger partial charge in [0.25, 0.3) is 0 Å². The molecule has 0 bridgehead atoms. The Morgan fingerprint density at radius 3 is 2.61 bits per heavy atom. The van der Waals surface area contributed by atoms with E-state index in [1.165, 1.54) is 12.1 Å². The fourth-order valence-electron chi connectivity index (χ4n) is 2.98. The first-order valence-corrected chi connectivity index (χ1v) is 7.50. The Morgan fingerprint density at radius 2 is 1.87 bits per heavy atom. The van der Waals surface area contributed by atoms with Gasteiger partial charge in [0.15, 0.2) is 0 Å². The van der Waals surface area contributed by atoms with E-state index in [0.717, 1.165) is 43.1 Å². The number of rotatable bonds is 0. The number of hydrogen-bond donors (Lipinski definition) is 2. The number of nitrogens with one attached hydrogen (secondary N) is 1. The van der Waals surface area contributed by atoms with Gasteiger partial charge in [-0.05, 0) is 18.2 Å². The van der Waals surface area contributed by atoms with Crippen molar-refractivity contribution in [1.82, 2.24) is 9.97 Å². The molecule has 0 aliphatic carbocycles. The van der Waals surface area contributed by atoms with Gasteiger partial charge in [-0.3, -0.25) is 5.21 Å². The van der Waals surface area contributed by atoms with Crippen LogP contribution in [-0.4, -0.2) is 15.2 Å². The molecule has 0 saturated heterocycles. The largest absolute Gasteiger partial charge is 0.341 e. The Morgan fingerprint density at radius 1 is 1.09 bits per heavy atom. The second-order valence-corrected chi connectivity index (χ2v) is 6.90. The third-order valence-electron chi connectivity index (χ3n) is 4.16. The van der Waals surface area contributed by atoms with Crippen molar-refractivity contribution in [1.29, 1.82) is 0 Å². The van der Waals surface area contributed by atoms with Crippen LogP contribution in [0.2, 0.25) is 0 Å². The molecule has 4 rings (SSSR count). The van der Waals surface area contributed by atoms with E-state index in [-0.39, 0.29) is 11.2 Å². The van der Waals surface area contributed by atoms with Crippen molar-refractivity contribution in [2.45, 2.75) is 26.2 Å². The summed E-state index contributed by atoms with van der Waals surface area (Å²) in [6, 6.07) is 6.48. The first-order valence-electron chi connectivity index (χ1n) is 7.50. The fourth-order valence-corrected chi connectivity index (χ4v) is 2.98. The number of aromatic nitrogens is 3. The molecule has 0 aliphatic heterocycles. The summed E-state index contributed by atoms with van der Waals surface area (Å²) in [6.07, 6.45) is 3.15. The summed E-state index contributed by atoms with van der Waals surface area (Å²) in [6.45, 7) is 6.28. The Bertz CT molecular complexity index is 998. The number of hydrogen-bond acceptors (Lipinski definition) is 2. The third-order valence-corrected chi connectivity index (χ3v) is 4.16. The van der Waals surface area contributed by atoms with Crippen molar-refractivity contribution < 1.29 is 14.3 Å². The van der Waals surface area contributed by atoms with Crippen molar-refractivity contribution >= 4 is 32.6 Å². The molecule has 2 aromatic carbocycles. The Kier molecular flexibility index (Phi) is 2.67. The summed E-state index contributed by atoms with van der Waals surface area (Å²) < 4.78 is 14.7. The summed E-state index contributed by atoms with van der Waals surface area (Å²) in [5.41, 5.74) is 1.61. The minimum atomic E-state index is -0.307. The van der Waals surface area contributed by atoms with Crippen LogP contribution in [-0.2, 0) is 5.41 Å². The predicted molar refractivity (Wildman–Crippen MR) is 87.1 cm³/mol. The zero-order valence-electron chi connectivity index (χ0n) is 13.2. The number of imidazole rings is 1. The average molecular weight is 310 g/mol. The van der Waals surface area contributed by atoms with Gasteiger partial charge in [0, 0.05) is 32.4 Å². The quantitative estimate of drug-likeness (QED) is 0.295. The number of H-pyrrole nitrogens is 1. The van der Waals surface area contributed by atoms with Gasteiger partial charge in [0.2, 0.25) is 12.4 Å². The van der Waals surface area contributed by atoms with Gasteiger partial charge in [-0.2, -0.15) is 0 Å². The lowest BCUT2D eigenvalue weighted by Crippen LogP contribution is -2.27. The maximum absolute atomic E-state index is 13.8. The number of fused-ring (bicyclic) bond motifs is 6. The molecule has 23 heavy (non-hydrogen) atoms. The summed E-state index contributed by atoms with van der Waals surface area (Å²) >= 11 is 0. The zero-order chi connectivity index (χ0) is 16.4. The van der Waals surface area contributed by atoms with Crippen molar-refractivity contribution in [2.75, 3.05) is 0 Å². The lowest BCUT2D eigenvalue weighted by Gasteiger charge is -2.13. The summed E-state index contributed by atoms with van der Waals surface area (Å²) in [4.78, 5) is 8.18. The van der Waals surface area contributed by atoms with Crippen LogP contribution >= 0.6 is 0 Å². The molecule has 4 aromatic rings. The van der Waals surface area contributed by atoms with Crippen LogP contribution in [0.25, 0.3) is 32.6 Å².